The number of nitrogens with zero attached hydrogens (tertiary/aromatic N) is 1. The largest absolute Gasteiger partial charge is 0.381 e. The Hall–Kier alpha value is -0.0700. The summed E-state index contributed by atoms with van der Waals surface area (Å²) in [5.74, 6) is 0.155. The van der Waals surface area contributed by atoms with Gasteiger partial charge < -0.3 is 15.4 Å². The van der Waals surface area contributed by atoms with Crippen LogP contribution in [0.5, 0.6) is 0 Å². The van der Waals surface area contributed by atoms with Crippen LogP contribution >= 0.6 is 24.8 Å². The minimum atomic E-state index is 0. The summed E-state index contributed by atoms with van der Waals surface area (Å²) in [4.78, 5) is 14.5. The van der Waals surface area contributed by atoms with Crippen molar-refractivity contribution in [2.45, 2.75) is 57.2 Å². The molecule has 0 spiro atoms. The van der Waals surface area contributed by atoms with Crippen LogP contribution in [0.2, 0.25) is 0 Å². The predicted octanol–water partition coefficient (Wildman–Crippen LogP) is 1.59. The highest BCUT2D eigenvalue weighted by molar-refractivity contribution is 5.85. The highest BCUT2D eigenvalue weighted by Crippen LogP contribution is 2.21. The lowest BCUT2D eigenvalue weighted by molar-refractivity contribution is -0.123. The zero-order chi connectivity index (χ0) is 14.6. The number of ether oxygens (including phenoxy) is 1. The van der Waals surface area contributed by atoms with Gasteiger partial charge in [-0.15, -0.1) is 24.8 Å². The highest BCUT2D eigenvalue weighted by atomic mass is 35.5. The maximum absolute atomic E-state index is 12.1. The van der Waals surface area contributed by atoms with E-state index in [-0.39, 0.29) is 42.3 Å². The summed E-state index contributed by atoms with van der Waals surface area (Å²) in [6.07, 6.45) is 4.63. The van der Waals surface area contributed by atoms with Crippen LogP contribution in [0.25, 0.3) is 0 Å². The van der Waals surface area contributed by atoms with E-state index in [1.54, 1.807) is 7.11 Å². The van der Waals surface area contributed by atoms with Crippen LogP contribution in [0, 0.1) is 0 Å². The summed E-state index contributed by atoms with van der Waals surface area (Å²) in [7, 11) is 1.79. The van der Waals surface area contributed by atoms with Gasteiger partial charge in [-0.3, -0.25) is 9.69 Å². The van der Waals surface area contributed by atoms with Crippen LogP contribution < -0.4 is 10.6 Å². The Balaban J connectivity index is 0.00000220. The van der Waals surface area contributed by atoms with Crippen LogP contribution in [-0.4, -0.2) is 61.8 Å². The molecule has 1 amide bonds. The molecule has 0 aromatic rings. The van der Waals surface area contributed by atoms with Crippen LogP contribution in [0.1, 0.15) is 39.5 Å². The highest BCUT2D eigenvalue weighted by Gasteiger charge is 2.32. The third kappa shape index (κ3) is 5.85. The quantitative estimate of drug-likeness (QED) is 0.786. The molecule has 2 heterocycles. The van der Waals surface area contributed by atoms with Gasteiger partial charge in [0.2, 0.25) is 5.91 Å². The standard InChI is InChI=1S/C15H29N3O2.2ClH/c1-15(2,18-9-6-12(20-3)7-10-18)11-17-14(19)13-5-4-8-16-13;;/h12-13,16H,4-11H2,1-3H3,(H,17,19);2*1H. The van der Waals surface area contributed by atoms with E-state index < -0.39 is 0 Å². The molecule has 0 bridgehead atoms. The van der Waals surface area contributed by atoms with Gasteiger partial charge in [-0.1, -0.05) is 0 Å². The van der Waals surface area contributed by atoms with Crippen molar-refractivity contribution in [1.82, 2.24) is 15.5 Å². The third-order valence-electron chi connectivity index (χ3n) is 4.70. The summed E-state index contributed by atoms with van der Waals surface area (Å²) in [5.41, 5.74) is 0.00692. The lowest BCUT2D eigenvalue weighted by Crippen LogP contribution is -2.56. The number of nitrogens with one attached hydrogen (secondary N) is 2. The number of methoxy groups -OCH3 is 1. The van der Waals surface area contributed by atoms with Crippen molar-refractivity contribution in [2.24, 2.45) is 0 Å². The first-order valence-corrected chi connectivity index (χ1v) is 7.82. The summed E-state index contributed by atoms with van der Waals surface area (Å²) in [5, 5.41) is 6.36. The number of hydrogen-bond donors (Lipinski definition) is 2. The molecular weight excluding hydrogens is 325 g/mol. The van der Waals surface area contributed by atoms with Gasteiger partial charge >= 0.3 is 0 Å². The maximum atomic E-state index is 12.1. The number of likely N-dealkylation sites (tertiary alicyclic amines) is 1. The molecule has 5 nitrogen and oxygen atoms in total. The van der Waals surface area contributed by atoms with Crippen LogP contribution in [0.3, 0.4) is 0 Å². The second-order valence-electron chi connectivity index (χ2n) is 6.60. The molecular formula is C15H31Cl2N3O2. The Morgan fingerprint density at radius 3 is 2.41 bits per heavy atom. The molecule has 0 aliphatic carbocycles. The van der Waals surface area contributed by atoms with Crippen molar-refractivity contribution in [3.8, 4) is 0 Å². The van der Waals surface area contributed by atoms with Gasteiger partial charge in [0, 0.05) is 32.3 Å². The predicted molar refractivity (Wildman–Crippen MR) is 94.2 cm³/mol. The van der Waals surface area contributed by atoms with Gasteiger partial charge in [-0.05, 0) is 46.1 Å². The van der Waals surface area contributed by atoms with Crippen molar-refractivity contribution in [1.29, 1.82) is 0 Å². The summed E-state index contributed by atoms with van der Waals surface area (Å²) in [6.45, 7) is 8.19. The molecule has 2 fully saturated rings. The number of piperidine rings is 1. The molecule has 1 unspecified atom stereocenters. The zero-order valence-electron chi connectivity index (χ0n) is 13.9. The molecule has 132 valence electrons. The van der Waals surface area contributed by atoms with Gasteiger partial charge in [0.25, 0.3) is 0 Å². The van der Waals surface area contributed by atoms with E-state index in [1.807, 2.05) is 0 Å². The average Bonchev–Trinajstić information content (AvgIpc) is 2.99. The molecule has 7 heteroatoms. The molecule has 0 saturated carbocycles. The van der Waals surface area contributed by atoms with Gasteiger partial charge in [0.05, 0.1) is 12.1 Å². The number of amides is 1. The fourth-order valence-electron chi connectivity index (χ4n) is 3.14. The van der Waals surface area contributed by atoms with E-state index in [4.69, 9.17) is 4.74 Å². The van der Waals surface area contributed by atoms with Crippen LogP contribution in [0.4, 0.5) is 0 Å². The van der Waals surface area contributed by atoms with Crippen molar-refractivity contribution in [2.75, 3.05) is 33.3 Å². The average molecular weight is 356 g/mol. The minimum Gasteiger partial charge on any atom is -0.381 e. The fourth-order valence-corrected chi connectivity index (χ4v) is 3.14. The lowest BCUT2D eigenvalue weighted by atomic mass is 9.97. The second-order valence-corrected chi connectivity index (χ2v) is 6.60. The van der Waals surface area contributed by atoms with E-state index >= 15 is 0 Å². The number of rotatable bonds is 5. The molecule has 2 aliphatic heterocycles. The monoisotopic (exact) mass is 355 g/mol. The first-order valence-electron chi connectivity index (χ1n) is 7.82. The Bertz CT molecular complexity index is 329. The van der Waals surface area contributed by atoms with E-state index in [2.05, 4.69) is 29.4 Å². The van der Waals surface area contributed by atoms with Gasteiger partial charge in [0.15, 0.2) is 0 Å². The topological polar surface area (TPSA) is 53.6 Å². The summed E-state index contributed by atoms with van der Waals surface area (Å²) >= 11 is 0. The normalized spacial score (nSPS) is 23.5. The van der Waals surface area contributed by atoms with Crippen molar-refractivity contribution >= 4 is 30.7 Å². The third-order valence-corrected chi connectivity index (χ3v) is 4.70. The minimum absolute atomic E-state index is 0. The van der Waals surface area contributed by atoms with Gasteiger partial charge in [-0.25, -0.2) is 0 Å². The number of hydrogen-bond acceptors (Lipinski definition) is 4. The number of carbonyl (C=O) groups excluding carboxylic acids is 1. The molecule has 22 heavy (non-hydrogen) atoms. The number of carbonyl (C=O) groups is 1. The first-order chi connectivity index (χ1) is 9.53. The molecule has 0 aromatic heterocycles. The molecule has 0 radical (unpaired) electrons. The van der Waals surface area contributed by atoms with E-state index in [0.29, 0.717) is 12.6 Å². The molecule has 2 aliphatic rings. The zero-order valence-corrected chi connectivity index (χ0v) is 15.5. The molecule has 1 atom stereocenters. The van der Waals surface area contributed by atoms with E-state index in [9.17, 15) is 4.79 Å². The Morgan fingerprint density at radius 2 is 1.91 bits per heavy atom. The molecule has 2 rings (SSSR count). The molecule has 2 N–H and O–H groups in total. The maximum Gasteiger partial charge on any atom is 0.237 e. The summed E-state index contributed by atoms with van der Waals surface area (Å²) < 4.78 is 5.41. The van der Waals surface area contributed by atoms with Crippen LogP contribution in [0.15, 0.2) is 0 Å². The van der Waals surface area contributed by atoms with Crippen molar-refractivity contribution < 1.29 is 9.53 Å². The number of halogens is 2. The van der Waals surface area contributed by atoms with Crippen molar-refractivity contribution in [3.05, 3.63) is 0 Å². The second kappa shape index (κ2) is 9.93. The van der Waals surface area contributed by atoms with Gasteiger partial charge in [-0.2, -0.15) is 0 Å². The Kier molecular flexibility index (Phi) is 9.90. The van der Waals surface area contributed by atoms with Crippen molar-refractivity contribution in [3.63, 3.8) is 0 Å². The fraction of sp³-hybridized carbons (Fsp3) is 0.933. The van der Waals surface area contributed by atoms with E-state index in [0.717, 1.165) is 45.3 Å². The van der Waals surface area contributed by atoms with Crippen LogP contribution in [-0.2, 0) is 9.53 Å². The Morgan fingerprint density at radius 1 is 1.27 bits per heavy atom. The smallest absolute Gasteiger partial charge is 0.237 e. The first kappa shape index (κ1) is 21.9. The van der Waals surface area contributed by atoms with E-state index in [1.165, 1.54) is 0 Å². The lowest BCUT2D eigenvalue weighted by Gasteiger charge is -2.42. The summed E-state index contributed by atoms with van der Waals surface area (Å²) in [6, 6.07) is 0.0185. The van der Waals surface area contributed by atoms with Gasteiger partial charge in [0.1, 0.15) is 0 Å². The Labute approximate surface area is 146 Å². The molecule has 2 saturated heterocycles. The molecule has 0 aromatic carbocycles. The SMILES string of the molecule is COC1CCN(C(C)(C)CNC(=O)C2CCCN2)CC1.Cl.Cl.